The molecule has 0 atom stereocenters. The van der Waals surface area contributed by atoms with E-state index in [0.717, 1.165) is 10.9 Å². The van der Waals surface area contributed by atoms with Crippen LogP contribution in [0.5, 0.6) is 11.5 Å². The Kier molecular flexibility index (Phi) is 1.96. The van der Waals surface area contributed by atoms with Crippen molar-refractivity contribution in [3.05, 3.63) is 18.3 Å². The Balaban J connectivity index is 2.82. The van der Waals surface area contributed by atoms with Gasteiger partial charge in [-0.25, -0.2) is 0 Å². The summed E-state index contributed by atoms with van der Waals surface area (Å²) >= 11 is 0. The molecule has 2 aromatic rings. The van der Waals surface area contributed by atoms with Gasteiger partial charge in [0.05, 0.1) is 19.7 Å². The van der Waals surface area contributed by atoms with E-state index >= 15 is 0 Å². The van der Waals surface area contributed by atoms with E-state index in [-0.39, 0.29) is 0 Å². The molecular weight excluding hydrogens is 180 g/mol. The molecule has 4 heteroatoms. The van der Waals surface area contributed by atoms with Crippen molar-refractivity contribution >= 4 is 16.6 Å². The number of fused-ring (bicyclic) bond motifs is 1. The summed E-state index contributed by atoms with van der Waals surface area (Å²) in [6.07, 6.45) is 1.82. The van der Waals surface area contributed by atoms with Crippen LogP contribution in [0.4, 0.5) is 5.69 Å². The quantitative estimate of drug-likeness (QED) is 0.713. The highest BCUT2D eigenvalue weighted by molar-refractivity contribution is 5.97. The Bertz CT molecular complexity index is 462. The first-order valence-corrected chi connectivity index (χ1v) is 4.25. The number of hydrogen-bond acceptors (Lipinski definition) is 3. The first-order valence-electron chi connectivity index (χ1n) is 4.25. The summed E-state index contributed by atoms with van der Waals surface area (Å²) in [6.45, 7) is 0. The summed E-state index contributed by atoms with van der Waals surface area (Å²) in [4.78, 5) is 3.07. The van der Waals surface area contributed by atoms with Gasteiger partial charge in [0.15, 0.2) is 11.5 Å². The molecule has 1 aromatic heterocycles. The molecular formula is C10H12N2O2. The second-order valence-electron chi connectivity index (χ2n) is 2.97. The maximum atomic E-state index is 5.85. The number of ether oxygens (including phenoxy) is 2. The van der Waals surface area contributed by atoms with Gasteiger partial charge in [-0.3, -0.25) is 0 Å². The molecule has 0 aliphatic heterocycles. The van der Waals surface area contributed by atoms with Crippen molar-refractivity contribution in [1.29, 1.82) is 0 Å². The van der Waals surface area contributed by atoms with Crippen LogP contribution in [0, 0.1) is 0 Å². The van der Waals surface area contributed by atoms with Gasteiger partial charge in [0.2, 0.25) is 0 Å². The minimum absolute atomic E-state index is 0.639. The van der Waals surface area contributed by atoms with Crippen LogP contribution in [0.15, 0.2) is 18.3 Å². The van der Waals surface area contributed by atoms with E-state index in [9.17, 15) is 0 Å². The Morgan fingerprint density at radius 1 is 1.29 bits per heavy atom. The third-order valence-corrected chi connectivity index (χ3v) is 2.22. The number of nitrogens with two attached hydrogens (primary N) is 1. The predicted molar refractivity (Wildman–Crippen MR) is 55.8 cm³/mol. The molecule has 0 bridgehead atoms. The molecule has 0 aliphatic rings. The number of anilines is 1. The second kappa shape index (κ2) is 3.14. The van der Waals surface area contributed by atoms with Crippen molar-refractivity contribution in [3.8, 4) is 11.5 Å². The zero-order valence-electron chi connectivity index (χ0n) is 8.13. The van der Waals surface area contributed by atoms with Crippen LogP contribution in [0.25, 0.3) is 10.9 Å². The summed E-state index contributed by atoms with van der Waals surface area (Å²) in [5, 5.41) is 0.947. The number of hydrogen-bond donors (Lipinski definition) is 2. The lowest BCUT2D eigenvalue weighted by atomic mass is 10.2. The molecule has 4 nitrogen and oxygen atoms in total. The molecule has 0 radical (unpaired) electrons. The third-order valence-electron chi connectivity index (χ3n) is 2.22. The Hall–Kier alpha value is -1.84. The topological polar surface area (TPSA) is 60.3 Å². The number of methoxy groups -OCH3 is 2. The number of rotatable bonds is 2. The molecule has 0 fully saturated rings. The predicted octanol–water partition coefficient (Wildman–Crippen LogP) is 1.77. The summed E-state index contributed by atoms with van der Waals surface area (Å²) in [5.41, 5.74) is 7.39. The van der Waals surface area contributed by atoms with E-state index in [1.165, 1.54) is 0 Å². The number of H-pyrrole nitrogens is 1. The highest BCUT2D eigenvalue weighted by atomic mass is 16.5. The standard InChI is InChI=1S/C10H12N2O2/c1-13-8-5-7(11)6-3-4-12-9(6)10(8)14-2/h3-5,12H,11H2,1-2H3. The molecule has 0 amide bonds. The molecule has 74 valence electrons. The molecule has 0 unspecified atom stereocenters. The Morgan fingerprint density at radius 2 is 2.07 bits per heavy atom. The Labute approximate surface area is 81.6 Å². The SMILES string of the molecule is COc1cc(N)c2cc[nH]c2c1OC. The second-order valence-corrected chi connectivity index (χ2v) is 2.97. The first-order chi connectivity index (χ1) is 6.77. The van der Waals surface area contributed by atoms with Crippen LogP contribution in [0.3, 0.4) is 0 Å². The lowest BCUT2D eigenvalue weighted by Crippen LogP contribution is -1.94. The van der Waals surface area contributed by atoms with Crippen molar-refractivity contribution in [3.63, 3.8) is 0 Å². The van der Waals surface area contributed by atoms with Crippen LogP contribution in [0.1, 0.15) is 0 Å². The highest BCUT2D eigenvalue weighted by Gasteiger charge is 2.12. The monoisotopic (exact) mass is 192 g/mol. The van der Waals surface area contributed by atoms with Gasteiger partial charge in [-0.2, -0.15) is 0 Å². The molecule has 0 spiro atoms. The van der Waals surface area contributed by atoms with Crippen LogP contribution in [-0.4, -0.2) is 19.2 Å². The number of aromatic amines is 1. The lowest BCUT2D eigenvalue weighted by molar-refractivity contribution is 0.358. The van der Waals surface area contributed by atoms with E-state index in [2.05, 4.69) is 4.98 Å². The van der Waals surface area contributed by atoms with E-state index in [0.29, 0.717) is 17.2 Å². The average Bonchev–Trinajstić information content (AvgIpc) is 2.66. The fourth-order valence-corrected chi connectivity index (χ4v) is 1.56. The Morgan fingerprint density at radius 3 is 2.71 bits per heavy atom. The van der Waals surface area contributed by atoms with Crippen molar-refractivity contribution in [1.82, 2.24) is 4.98 Å². The molecule has 0 saturated heterocycles. The smallest absolute Gasteiger partial charge is 0.185 e. The number of benzene rings is 1. The van der Waals surface area contributed by atoms with Gasteiger partial charge in [-0.1, -0.05) is 0 Å². The lowest BCUT2D eigenvalue weighted by Gasteiger charge is -2.09. The minimum atomic E-state index is 0.639. The largest absolute Gasteiger partial charge is 0.493 e. The summed E-state index contributed by atoms with van der Waals surface area (Å²) < 4.78 is 10.4. The number of aromatic nitrogens is 1. The van der Waals surface area contributed by atoms with Crippen LogP contribution < -0.4 is 15.2 Å². The van der Waals surface area contributed by atoms with Gasteiger partial charge in [0.25, 0.3) is 0 Å². The van der Waals surface area contributed by atoms with Crippen LogP contribution in [-0.2, 0) is 0 Å². The highest BCUT2D eigenvalue weighted by Crippen LogP contribution is 2.37. The summed E-state index contributed by atoms with van der Waals surface area (Å²) in [6, 6.07) is 3.67. The fourth-order valence-electron chi connectivity index (χ4n) is 1.56. The van der Waals surface area contributed by atoms with Gasteiger partial charge in [0, 0.05) is 23.3 Å². The van der Waals surface area contributed by atoms with E-state index in [1.807, 2.05) is 12.3 Å². The summed E-state index contributed by atoms with van der Waals surface area (Å²) in [5.74, 6) is 1.32. The van der Waals surface area contributed by atoms with Gasteiger partial charge < -0.3 is 20.2 Å². The van der Waals surface area contributed by atoms with E-state index in [4.69, 9.17) is 15.2 Å². The average molecular weight is 192 g/mol. The van der Waals surface area contributed by atoms with E-state index in [1.54, 1.807) is 20.3 Å². The van der Waals surface area contributed by atoms with Crippen molar-refractivity contribution < 1.29 is 9.47 Å². The normalized spacial score (nSPS) is 10.4. The van der Waals surface area contributed by atoms with Crippen LogP contribution >= 0.6 is 0 Å². The molecule has 0 aliphatic carbocycles. The molecule has 0 saturated carbocycles. The van der Waals surface area contributed by atoms with Crippen molar-refractivity contribution in [2.75, 3.05) is 20.0 Å². The molecule has 1 heterocycles. The molecule has 14 heavy (non-hydrogen) atoms. The summed E-state index contributed by atoms with van der Waals surface area (Å²) in [7, 11) is 3.19. The van der Waals surface area contributed by atoms with Gasteiger partial charge in [-0.05, 0) is 6.07 Å². The molecule has 3 N–H and O–H groups in total. The third kappa shape index (κ3) is 1.08. The maximum Gasteiger partial charge on any atom is 0.185 e. The van der Waals surface area contributed by atoms with Gasteiger partial charge in [0.1, 0.15) is 0 Å². The van der Waals surface area contributed by atoms with E-state index < -0.39 is 0 Å². The minimum Gasteiger partial charge on any atom is -0.493 e. The fraction of sp³-hybridized carbons (Fsp3) is 0.200. The number of nitrogens with one attached hydrogen (secondary N) is 1. The van der Waals surface area contributed by atoms with Gasteiger partial charge in [-0.15, -0.1) is 0 Å². The number of nitrogen functional groups attached to an aromatic ring is 1. The molecule has 2 rings (SSSR count). The zero-order chi connectivity index (χ0) is 10.1. The van der Waals surface area contributed by atoms with Crippen molar-refractivity contribution in [2.24, 2.45) is 0 Å². The van der Waals surface area contributed by atoms with Crippen LogP contribution in [0.2, 0.25) is 0 Å². The maximum absolute atomic E-state index is 5.85. The van der Waals surface area contributed by atoms with Gasteiger partial charge >= 0.3 is 0 Å². The first kappa shape index (κ1) is 8.74. The zero-order valence-corrected chi connectivity index (χ0v) is 8.13. The molecule has 1 aromatic carbocycles. The van der Waals surface area contributed by atoms with Crippen molar-refractivity contribution in [2.45, 2.75) is 0 Å².